The SMILES string of the molecule is COc1ccc(CNC2CC2)c(OC)c1. The Hall–Kier alpha value is -1.22. The van der Waals surface area contributed by atoms with Gasteiger partial charge in [0.15, 0.2) is 0 Å². The molecule has 0 aliphatic heterocycles. The highest BCUT2D eigenvalue weighted by Gasteiger charge is 2.20. The summed E-state index contributed by atoms with van der Waals surface area (Å²) in [5, 5.41) is 3.46. The molecule has 0 heterocycles. The number of benzene rings is 1. The molecule has 1 saturated carbocycles. The van der Waals surface area contributed by atoms with E-state index in [-0.39, 0.29) is 0 Å². The van der Waals surface area contributed by atoms with E-state index in [0.717, 1.165) is 24.1 Å². The van der Waals surface area contributed by atoms with Crippen LogP contribution in [0.5, 0.6) is 11.5 Å². The molecule has 82 valence electrons. The Labute approximate surface area is 90.4 Å². The van der Waals surface area contributed by atoms with Crippen LogP contribution >= 0.6 is 0 Å². The van der Waals surface area contributed by atoms with Crippen LogP contribution in [-0.2, 0) is 6.54 Å². The zero-order valence-corrected chi connectivity index (χ0v) is 9.25. The molecule has 1 aromatic carbocycles. The first kappa shape index (κ1) is 10.3. The lowest BCUT2D eigenvalue weighted by molar-refractivity contribution is 0.390. The maximum absolute atomic E-state index is 5.32. The maximum Gasteiger partial charge on any atom is 0.127 e. The third-order valence-electron chi connectivity index (χ3n) is 2.65. The van der Waals surface area contributed by atoms with E-state index >= 15 is 0 Å². The fourth-order valence-corrected chi connectivity index (χ4v) is 1.54. The topological polar surface area (TPSA) is 30.5 Å². The highest BCUT2D eigenvalue weighted by atomic mass is 16.5. The quantitative estimate of drug-likeness (QED) is 0.800. The van der Waals surface area contributed by atoms with Crippen LogP contribution < -0.4 is 14.8 Å². The fraction of sp³-hybridized carbons (Fsp3) is 0.500. The minimum atomic E-state index is 0.719. The summed E-state index contributed by atoms with van der Waals surface area (Å²) < 4.78 is 10.5. The Morgan fingerprint density at radius 1 is 1.27 bits per heavy atom. The molecule has 0 radical (unpaired) electrons. The van der Waals surface area contributed by atoms with E-state index < -0.39 is 0 Å². The lowest BCUT2D eigenvalue weighted by Gasteiger charge is -2.10. The van der Waals surface area contributed by atoms with Gasteiger partial charge in [-0.2, -0.15) is 0 Å². The molecule has 0 amide bonds. The summed E-state index contributed by atoms with van der Waals surface area (Å²) in [5.41, 5.74) is 1.19. The number of rotatable bonds is 5. The van der Waals surface area contributed by atoms with Crippen molar-refractivity contribution in [2.24, 2.45) is 0 Å². The van der Waals surface area contributed by atoms with Gasteiger partial charge in [-0.05, 0) is 18.9 Å². The molecule has 0 spiro atoms. The largest absolute Gasteiger partial charge is 0.497 e. The molecule has 1 fully saturated rings. The van der Waals surface area contributed by atoms with Crippen LogP contribution in [0.1, 0.15) is 18.4 Å². The van der Waals surface area contributed by atoms with Crippen molar-refractivity contribution in [2.75, 3.05) is 14.2 Å². The normalized spacial score (nSPS) is 15.1. The first-order valence-corrected chi connectivity index (χ1v) is 5.28. The average molecular weight is 207 g/mol. The summed E-state index contributed by atoms with van der Waals surface area (Å²) in [4.78, 5) is 0. The van der Waals surface area contributed by atoms with Gasteiger partial charge in [-0.3, -0.25) is 0 Å². The zero-order chi connectivity index (χ0) is 10.7. The summed E-state index contributed by atoms with van der Waals surface area (Å²) in [6.07, 6.45) is 2.61. The summed E-state index contributed by atoms with van der Waals surface area (Å²) in [7, 11) is 3.35. The molecule has 0 saturated heterocycles. The predicted molar refractivity (Wildman–Crippen MR) is 59.4 cm³/mol. The van der Waals surface area contributed by atoms with Crippen LogP contribution in [0.4, 0.5) is 0 Å². The van der Waals surface area contributed by atoms with E-state index in [2.05, 4.69) is 5.32 Å². The maximum atomic E-state index is 5.32. The van der Waals surface area contributed by atoms with Crippen molar-refractivity contribution < 1.29 is 9.47 Å². The number of hydrogen-bond donors (Lipinski definition) is 1. The number of nitrogens with one attached hydrogen (secondary N) is 1. The minimum Gasteiger partial charge on any atom is -0.497 e. The Bertz CT molecular complexity index is 334. The van der Waals surface area contributed by atoms with Gasteiger partial charge in [0.1, 0.15) is 11.5 Å². The van der Waals surface area contributed by atoms with Crippen LogP contribution in [0.2, 0.25) is 0 Å². The molecule has 15 heavy (non-hydrogen) atoms. The molecule has 2 rings (SSSR count). The number of ether oxygens (including phenoxy) is 2. The second-order valence-corrected chi connectivity index (χ2v) is 3.83. The monoisotopic (exact) mass is 207 g/mol. The van der Waals surface area contributed by atoms with Gasteiger partial charge in [-0.1, -0.05) is 6.07 Å². The average Bonchev–Trinajstić information content (AvgIpc) is 3.10. The van der Waals surface area contributed by atoms with Gasteiger partial charge in [0.05, 0.1) is 14.2 Å². The Balaban J connectivity index is 2.06. The summed E-state index contributed by atoms with van der Waals surface area (Å²) in [6.45, 7) is 0.873. The van der Waals surface area contributed by atoms with E-state index in [1.165, 1.54) is 18.4 Å². The second kappa shape index (κ2) is 4.53. The first-order valence-electron chi connectivity index (χ1n) is 5.28. The molecule has 3 heteroatoms. The summed E-state index contributed by atoms with van der Waals surface area (Å²) >= 11 is 0. The summed E-state index contributed by atoms with van der Waals surface area (Å²) in [5.74, 6) is 1.73. The molecular weight excluding hydrogens is 190 g/mol. The van der Waals surface area contributed by atoms with Crippen LogP contribution in [-0.4, -0.2) is 20.3 Å². The fourth-order valence-electron chi connectivity index (χ4n) is 1.54. The molecule has 0 atom stereocenters. The van der Waals surface area contributed by atoms with Crippen LogP contribution in [0.15, 0.2) is 18.2 Å². The van der Waals surface area contributed by atoms with E-state index in [9.17, 15) is 0 Å². The number of hydrogen-bond acceptors (Lipinski definition) is 3. The van der Waals surface area contributed by atoms with Crippen molar-refractivity contribution in [3.8, 4) is 11.5 Å². The van der Waals surface area contributed by atoms with Gasteiger partial charge >= 0.3 is 0 Å². The lowest BCUT2D eigenvalue weighted by atomic mass is 10.2. The van der Waals surface area contributed by atoms with Gasteiger partial charge < -0.3 is 14.8 Å². The molecule has 1 aromatic rings. The van der Waals surface area contributed by atoms with Crippen molar-refractivity contribution in [3.63, 3.8) is 0 Å². The molecule has 3 nitrogen and oxygen atoms in total. The van der Waals surface area contributed by atoms with E-state index in [4.69, 9.17) is 9.47 Å². The van der Waals surface area contributed by atoms with Gasteiger partial charge in [0.25, 0.3) is 0 Å². The molecule has 0 unspecified atom stereocenters. The summed E-state index contributed by atoms with van der Waals surface area (Å²) in [6, 6.07) is 6.65. The molecular formula is C12H17NO2. The molecule has 0 aromatic heterocycles. The van der Waals surface area contributed by atoms with E-state index in [1.807, 2.05) is 18.2 Å². The predicted octanol–water partition coefficient (Wildman–Crippen LogP) is 1.96. The Morgan fingerprint density at radius 3 is 2.67 bits per heavy atom. The van der Waals surface area contributed by atoms with Crippen molar-refractivity contribution in [1.29, 1.82) is 0 Å². The smallest absolute Gasteiger partial charge is 0.127 e. The van der Waals surface area contributed by atoms with Gasteiger partial charge in [-0.15, -0.1) is 0 Å². The molecule has 1 N–H and O–H groups in total. The van der Waals surface area contributed by atoms with Gasteiger partial charge in [0.2, 0.25) is 0 Å². The highest BCUT2D eigenvalue weighted by molar-refractivity contribution is 5.40. The number of methoxy groups -OCH3 is 2. The highest BCUT2D eigenvalue weighted by Crippen LogP contribution is 2.26. The standard InChI is InChI=1S/C12H17NO2/c1-14-11-6-3-9(12(7-11)15-2)8-13-10-4-5-10/h3,6-7,10,13H,4-5,8H2,1-2H3. The van der Waals surface area contributed by atoms with Crippen molar-refractivity contribution in [2.45, 2.75) is 25.4 Å². The molecule has 0 bridgehead atoms. The second-order valence-electron chi connectivity index (χ2n) is 3.83. The van der Waals surface area contributed by atoms with Crippen molar-refractivity contribution in [1.82, 2.24) is 5.32 Å². The molecule has 1 aliphatic carbocycles. The lowest BCUT2D eigenvalue weighted by Crippen LogP contribution is -2.15. The first-order chi connectivity index (χ1) is 7.33. The minimum absolute atomic E-state index is 0.719. The van der Waals surface area contributed by atoms with Gasteiger partial charge in [-0.25, -0.2) is 0 Å². The van der Waals surface area contributed by atoms with Crippen LogP contribution in [0, 0.1) is 0 Å². The van der Waals surface area contributed by atoms with E-state index in [0.29, 0.717) is 0 Å². The Kier molecular flexibility index (Phi) is 3.11. The third kappa shape index (κ3) is 2.63. The zero-order valence-electron chi connectivity index (χ0n) is 9.25. The van der Waals surface area contributed by atoms with E-state index in [1.54, 1.807) is 14.2 Å². The van der Waals surface area contributed by atoms with Gasteiger partial charge in [0, 0.05) is 24.2 Å². The van der Waals surface area contributed by atoms with Crippen molar-refractivity contribution >= 4 is 0 Å². The van der Waals surface area contributed by atoms with Crippen LogP contribution in [0.3, 0.4) is 0 Å². The third-order valence-corrected chi connectivity index (χ3v) is 2.65. The van der Waals surface area contributed by atoms with Crippen LogP contribution in [0.25, 0.3) is 0 Å². The molecule has 1 aliphatic rings. The Morgan fingerprint density at radius 2 is 2.07 bits per heavy atom. The van der Waals surface area contributed by atoms with Crippen molar-refractivity contribution in [3.05, 3.63) is 23.8 Å².